The number of hydrogen-bond donors (Lipinski definition) is 3. The third-order valence-corrected chi connectivity index (χ3v) is 0.375. The molecule has 0 rings (SSSR count). The molecule has 0 radical (unpaired) electrons. The van der Waals surface area contributed by atoms with Crippen LogP contribution < -0.4 is 5.73 Å². The zero-order valence-corrected chi connectivity index (χ0v) is 4.07. The average molecular weight is 121 g/mol. The fourth-order valence-corrected chi connectivity index (χ4v) is 0.157. The summed E-state index contributed by atoms with van der Waals surface area (Å²) >= 11 is 0. The lowest BCUT2D eigenvalue weighted by Crippen LogP contribution is -2.21. The zero-order chi connectivity index (χ0) is 6.57. The van der Waals surface area contributed by atoms with E-state index in [-0.39, 0.29) is 0 Å². The highest BCUT2D eigenvalue weighted by Crippen LogP contribution is 1.76. The standard InChI is InChI=1S/C3H7NO4/c4-3(7)8-1-2(5)6/h2,5-6H,1H2,(H2,4,7). The van der Waals surface area contributed by atoms with Crippen molar-refractivity contribution < 1.29 is 19.7 Å². The van der Waals surface area contributed by atoms with Crippen LogP contribution in [0.15, 0.2) is 0 Å². The molecule has 0 aliphatic rings. The second kappa shape index (κ2) is 3.23. The molecule has 0 saturated carbocycles. The van der Waals surface area contributed by atoms with Gasteiger partial charge in [-0.25, -0.2) is 4.79 Å². The number of nitrogens with two attached hydrogens (primary N) is 1. The molecule has 8 heavy (non-hydrogen) atoms. The summed E-state index contributed by atoms with van der Waals surface area (Å²) in [4.78, 5) is 9.68. The van der Waals surface area contributed by atoms with Gasteiger partial charge in [-0.15, -0.1) is 0 Å². The van der Waals surface area contributed by atoms with Crippen LogP contribution in [0.4, 0.5) is 4.79 Å². The normalized spacial score (nSPS) is 9.38. The van der Waals surface area contributed by atoms with Crippen LogP contribution in [-0.2, 0) is 4.74 Å². The van der Waals surface area contributed by atoms with Gasteiger partial charge in [0.25, 0.3) is 0 Å². The monoisotopic (exact) mass is 121 g/mol. The number of carbonyl (C=O) groups is 1. The van der Waals surface area contributed by atoms with Crippen LogP contribution in [0.1, 0.15) is 0 Å². The number of aliphatic hydroxyl groups is 2. The van der Waals surface area contributed by atoms with Crippen molar-refractivity contribution in [2.24, 2.45) is 5.73 Å². The predicted molar refractivity (Wildman–Crippen MR) is 23.8 cm³/mol. The number of hydrogen-bond acceptors (Lipinski definition) is 4. The van der Waals surface area contributed by atoms with Crippen molar-refractivity contribution in [1.82, 2.24) is 0 Å². The number of aliphatic hydroxyl groups excluding tert-OH is 1. The Kier molecular flexibility index (Phi) is 2.90. The summed E-state index contributed by atoms with van der Waals surface area (Å²) in [6.45, 7) is -0.477. The Morgan fingerprint density at radius 2 is 2.25 bits per heavy atom. The zero-order valence-electron chi connectivity index (χ0n) is 4.07. The van der Waals surface area contributed by atoms with Gasteiger partial charge in [-0.05, 0) is 0 Å². The summed E-state index contributed by atoms with van der Waals surface area (Å²) < 4.78 is 3.94. The molecule has 0 bridgehead atoms. The third-order valence-electron chi connectivity index (χ3n) is 0.375. The van der Waals surface area contributed by atoms with E-state index >= 15 is 0 Å². The average Bonchev–Trinajstić information content (AvgIpc) is 1.61. The van der Waals surface area contributed by atoms with Crippen LogP contribution in [0, 0.1) is 0 Å². The molecule has 0 aliphatic heterocycles. The van der Waals surface area contributed by atoms with Crippen LogP contribution in [0.5, 0.6) is 0 Å². The van der Waals surface area contributed by atoms with Crippen molar-refractivity contribution in [2.75, 3.05) is 6.61 Å². The molecular weight excluding hydrogens is 114 g/mol. The highest BCUT2D eigenvalue weighted by molar-refractivity contribution is 5.64. The number of ether oxygens (including phenoxy) is 1. The summed E-state index contributed by atoms with van der Waals surface area (Å²) in [7, 11) is 0. The molecule has 1 amide bonds. The van der Waals surface area contributed by atoms with Crippen LogP contribution in [-0.4, -0.2) is 29.2 Å². The molecule has 0 unspecified atom stereocenters. The SMILES string of the molecule is NC(=O)OCC(O)O. The van der Waals surface area contributed by atoms with E-state index in [9.17, 15) is 4.79 Å². The number of rotatable bonds is 2. The lowest BCUT2D eigenvalue weighted by molar-refractivity contribution is -0.0766. The smallest absolute Gasteiger partial charge is 0.404 e. The summed E-state index contributed by atoms with van der Waals surface area (Å²) in [5.74, 6) is 0. The minimum atomic E-state index is -1.64. The van der Waals surface area contributed by atoms with Gasteiger partial charge in [-0.1, -0.05) is 0 Å². The summed E-state index contributed by atoms with van der Waals surface area (Å²) in [5, 5.41) is 16.0. The third kappa shape index (κ3) is 5.19. The van der Waals surface area contributed by atoms with E-state index in [0.29, 0.717) is 0 Å². The highest BCUT2D eigenvalue weighted by Gasteiger charge is 1.98. The van der Waals surface area contributed by atoms with Crippen molar-refractivity contribution in [3.05, 3.63) is 0 Å². The van der Waals surface area contributed by atoms with Crippen LogP contribution in [0.3, 0.4) is 0 Å². The summed E-state index contributed by atoms with van der Waals surface area (Å²) in [6, 6.07) is 0. The first kappa shape index (κ1) is 7.19. The molecule has 0 fully saturated rings. The van der Waals surface area contributed by atoms with Crippen LogP contribution >= 0.6 is 0 Å². The van der Waals surface area contributed by atoms with Gasteiger partial charge in [0.15, 0.2) is 6.29 Å². The van der Waals surface area contributed by atoms with E-state index in [4.69, 9.17) is 10.2 Å². The second-order valence-corrected chi connectivity index (χ2v) is 1.11. The molecule has 0 aliphatic carbocycles. The van der Waals surface area contributed by atoms with E-state index in [1.165, 1.54) is 0 Å². The fraction of sp³-hybridized carbons (Fsp3) is 0.667. The molecular formula is C3H7NO4. The van der Waals surface area contributed by atoms with Crippen LogP contribution in [0.25, 0.3) is 0 Å². The Morgan fingerprint density at radius 1 is 1.75 bits per heavy atom. The molecule has 48 valence electrons. The highest BCUT2D eigenvalue weighted by atomic mass is 16.6. The first-order chi connectivity index (χ1) is 3.63. The minimum absolute atomic E-state index is 0.477. The van der Waals surface area contributed by atoms with Crippen molar-refractivity contribution in [3.8, 4) is 0 Å². The second-order valence-electron chi connectivity index (χ2n) is 1.11. The van der Waals surface area contributed by atoms with Gasteiger partial charge in [0.1, 0.15) is 6.61 Å². The maximum atomic E-state index is 9.68. The van der Waals surface area contributed by atoms with Crippen LogP contribution in [0.2, 0.25) is 0 Å². The largest absolute Gasteiger partial charge is 0.444 e. The van der Waals surface area contributed by atoms with E-state index in [0.717, 1.165) is 0 Å². The first-order valence-corrected chi connectivity index (χ1v) is 1.91. The maximum Gasteiger partial charge on any atom is 0.404 e. The molecule has 0 atom stereocenters. The van der Waals surface area contributed by atoms with E-state index in [1.807, 2.05) is 0 Å². The Balaban J connectivity index is 3.05. The molecule has 5 nitrogen and oxygen atoms in total. The van der Waals surface area contributed by atoms with Gasteiger partial charge in [0, 0.05) is 0 Å². The maximum absolute atomic E-state index is 9.68. The summed E-state index contributed by atoms with van der Waals surface area (Å²) in [5.41, 5.74) is 4.46. The van der Waals surface area contributed by atoms with E-state index < -0.39 is 19.0 Å². The molecule has 0 heterocycles. The number of amides is 1. The van der Waals surface area contributed by atoms with Crippen molar-refractivity contribution in [2.45, 2.75) is 6.29 Å². The lowest BCUT2D eigenvalue weighted by Gasteiger charge is -2.00. The predicted octanol–water partition coefficient (Wildman–Crippen LogP) is -1.61. The Hall–Kier alpha value is -0.810. The fourth-order valence-electron chi connectivity index (χ4n) is 0.157. The van der Waals surface area contributed by atoms with Crippen molar-refractivity contribution in [3.63, 3.8) is 0 Å². The van der Waals surface area contributed by atoms with Gasteiger partial charge in [0.05, 0.1) is 0 Å². The van der Waals surface area contributed by atoms with Gasteiger partial charge >= 0.3 is 6.09 Å². The molecule has 0 saturated heterocycles. The molecule has 5 heteroatoms. The molecule has 0 aromatic heterocycles. The van der Waals surface area contributed by atoms with Crippen molar-refractivity contribution in [1.29, 1.82) is 0 Å². The Labute approximate surface area is 45.7 Å². The number of carbonyl (C=O) groups excluding carboxylic acids is 1. The molecule has 4 N–H and O–H groups in total. The first-order valence-electron chi connectivity index (χ1n) is 1.91. The van der Waals surface area contributed by atoms with Gasteiger partial charge in [-0.2, -0.15) is 0 Å². The van der Waals surface area contributed by atoms with Crippen molar-refractivity contribution >= 4 is 6.09 Å². The van der Waals surface area contributed by atoms with Gasteiger partial charge in [0.2, 0.25) is 0 Å². The van der Waals surface area contributed by atoms with E-state index in [1.54, 1.807) is 0 Å². The molecule has 0 aromatic rings. The lowest BCUT2D eigenvalue weighted by atomic mass is 10.7. The summed E-state index contributed by atoms with van der Waals surface area (Å²) in [6.07, 6.45) is -2.65. The minimum Gasteiger partial charge on any atom is -0.444 e. The Bertz CT molecular complexity index is 81.4. The van der Waals surface area contributed by atoms with Gasteiger partial charge in [-0.3, -0.25) is 0 Å². The quantitative estimate of drug-likeness (QED) is 0.383. The topological polar surface area (TPSA) is 92.8 Å². The number of primary amides is 1. The van der Waals surface area contributed by atoms with E-state index in [2.05, 4.69) is 10.5 Å². The Morgan fingerprint density at radius 3 is 2.38 bits per heavy atom. The molecule has 0 spiro atoms. The van der Waals surface area contributed by atoms with Gasteiger partial charge < -0.3 is 20.7 Å². The molecule has 0 aromatic carbocycles.